The second-order valence-electron chi connectivity index (χ2n) is 0.429. The Kier molecular flexibility index (Phi) is 6.16. The van der Waals surface area contributed by atoms with Crippen molar-refractivity contribution in [2.75, 3.05) is 0 Å². The fourth-order valence-corrected chi connectivity index (χ4v) is 0. The number of hydrogen-bond donors (Lipinski definition) is 0. The smallest absolute Gasteiger partial charge is 0.327 e. The zero-order valence-corrected chi connectivity index (χ0v) is 6.39. The fraction of sp³-hybridized carbons (Fsp3) is 0. The van der Waals surface area contributed by atoms with Gasteiger partial charge in [0.15, 0.2) is 0 Å². The van der Waals surface area contributed by atoms with Crippen LogP contribution in [-0.4, -0.2) is 20.0 Å². The molecule has 0 unspecified atom stereocenters. The van der Waals surface area contributed by atoms with Crippen molar-refractivity contribution in [3.8, 4) is 0 Å². The van der Waals surface area contributed by atoms with E-state index >= 15 is 0 Å². The summed E-state index contributed by atoms with van der Waals surface area (Å²) in [6.45, 7) is 0. The molecule has 7 heteroatoms. The van der Waals surface area contributed by atoms with Crippen molar-refractivity contribution in [1.29, 1.82) is 0 Å². The first-order chi connectivity index (χ1) is 3.00. The Bertz CT molecular complexity index is 21.6. The number of rotatable bonds is 0. The molecule has 0 saturated carbocycles. The van der Waals surface area contributed by atoms with Gasteiger partial charge >= 0.3 is 9.41 Å². The number of halogens is 5. The topological polar surface area (TPSA) is 0 Å². The van der Waals surface area contributed by atoms with Gasteiger partial charge in [-0.15, -0.1) is 0 Å². The van der Waals surface area contributed by atoms with Gasteiger partial charge in [0.25, 0.3) is 0 Å². The lowest BCUT2D eigenvalue weighted by molar-refractivity contribution is 0.368. The summed E-state index contributed by atoms with van der Waals surface area (Å²) in [7, 11) is -6.81. The molecule has 0 fully saturated rings. The lowest BCUT2D eigenvalue weighted by Crippen LogP contribution is -2.02. The SMILES string of the molecule is F[SiH3].F[Si](F)(F)F. The Balaban J connectivity index is 0. The average molecular weight is 154 g/mol. The first kappa shape index (κ1) is 10.1. The molecule has 0 aromatic heterocycles. The molecular formula is H3F5Si2. The second kappa shape index (κ2) is 4.25. The summed E-state index contributed by atoms with van der Waals surface area (Å²) in [5, 5.41) is 0. The van der Waals surface area contributed by atoms with Crippen molar-refractivity contribution < 1.29 is 20.5 Å². The zero-order valence-electron chi connectivity index (χ0n) is 3.39. The van der Waals surface area contributed by atoms with E-state index in [0.717, 1.165) is 0 Å². The highest BCUT2D eigenvalue weighted by atomic mass is 28.5. The van der Waals surface area contributed by atoms with Crippen molar-refractivity contribution in [2.45, 2.75) is 0 Å². The summed E-state index contributed by atoms with van der Waals surface area (Å²) in [6.07, 6.45) is 0. The Morgan fingerprint density at radius 1 is 0.857 bits per heavy atom. The van der Waals surface area contributed by atoms with Crippen LogP contribution in [0.5, 0.6) is 0 Å². The van der Waals surface area contributed by atoms with Gasteiger partial charge in [-0.2, -0.15) is 0 Å². The van der Waals surface area contributed by atoms with E-state index in [1.165, 1.54) is 0 Å². The summed E-state index contributed by atoms with van der Waals surface area (Å²) in [5.74, 6) is 0. The van der Waals surface area contributed by atoms with Crippen molar-refractivity contribution in [2.24, 2.45) is 0 Å². The lowest BCUT2D eigenvalue weighted by atomic mass is 18.6. The molecular weight excluding hydrogens is 151 g/mol. The highest BCUT2D eigenvalue weighted by molar-refractivity contribution is 6.50. The molecule has 0 heterocycles. The van der Waals surface area contributed by atoms with Crippen molar-refractivity contribution in [3.05, 3.63) is 0 Å². The third-order valence-corrected chi connectivity index (χ3v) is 0. The third-order valence-electron chi connectivity index (χ3n) is 0. The predicted molar refractivity (Wildman–Crippen MR) is 21.2 cm³/mol. The molecule has 0 amide bonds. The summed E-state index contributed by atoms with van der Waals surface area (Å²) < 4.78 is 48.9. The molecule has 7 heavy (non-hydrogen) atoms. The van der Waals surface area contributed by atoms with E-state index in [4.69, 9.17) is 0 Å². The van der Waals surface area contributed by atoms with Crippen molar-refractivity contribution >= 4 is 20.0 Å². The molecule has 0 nitrogen and oxygen atoms in total. The second-order valence-corrected chi connectivity index (χ2v) is 1.29. The average Bonchev–Trinajstić information content (AvgIpc) is 1.36. The Labute approximate surface area is 41.6 Å². The Hall–Kier alpha value is 0.0838. The van der Waals surface area contributed by atoms with Gasteiger partial charge in [-0.1, -0.05) is 0 Å². The first-order valence-corrected chi connectivity index (χ1v) is 3.40. The van der Waals surface area contributed by atoms with Gasteiger partial charge in [0.05, 0.1) is 0 Å². The molecule has 0 atom stereocenters. The minimum absolute atomic E-state index is 0.194. The summed E-state index contributed by atoms with van der Waals surface area (Å²) in [4.78, 5) is 0. The summed E-state index contributed by atoms with van der Waals surface area (Å²) in [5.41, 5.74) is 0. The fourth-order valence-electron chi connectivity index (χ4n) is 0. The van der Waals surface area contributed by atoms with E-state index in [0.29, 0.717) is 0 Å². The van der Waals surface area contributed by atoms with E-state index in [1.807, 2.05) is 0 Å². The van der Waals surface area contributed by atoms with Crippen molar-refractivity contribution in [1.82, 2.24) is 0 Å². The van der Waals surface area contributed by atoms with Crippen LogP contribution in [0.15, 0.2) is 0 Å². The van der Waals surface area contributed by atoms with E-state index in [-0.39, 0.29) is 10.6 Å². The minimum atomic E-state index is -6.61. The van der Waals surface area contributed by atoms with E-state index in [9.17, 15) is 20.5 Å². The van der Waals surface area contributed by atoms with Gasteiger partial charge in [-0.05, 0) is 0 Å². The highest BCUT2D eigenvalue weighted by Crippen LogP contribution is 2.06. The molecule has 0 N–H and O–H groups in total. The molecule has 0 aliphatic carbocycles. The van der Waals surface area contributed by atoms with Crippen LogP contribution in [0.25, 0.3) is 0 Å². The molecule has 0 aromatic carbocycles. The molecule has 0 saturated heterocycles. The van der Waals surface area contributed by atoms with Crippen LogP contribution in [0.1, 0.15) is 0 Å². The maximum Gasteiger partial charge on any atom is 0.844 e. The standard InChI is InChI=1S/F4Si.FH3Si/c1-5(2,3)4;1-2/h;2H3. The van der Waals surface area contributed by atoms with E-state index in [2.05, 4.69) is 0 Å². The van der Waals surface area contributed by atoms with Crippen LogP contribution in [0, 0.1) is 0 Å². The maximum atomic E-state index is 9.83. The zero-order chi connectivity index (χ0) is 6.50. The van der Waals surface area contributed by atoms with Gasteiger partial charge in [-0.25, -0.2) is 16.4 Å². The quantitative estimate of drug-likeness (QED) is 0.271. The van der Waals surface area contributed by atoms with Crippen LogP contribution in [0.2, 0.25) is 0 Å². The normalized spacial score (nSPS) is 9.86. The van der Waals surface area contributed by atoms with Crippen LogP contribution >= 0.6 is 0 Å². The van der Waals surface area contributed by atoms with Gasteiger partial charge in [0.1, 0.15) is 0 Å². The molecule has 0 bridgehead atoms. The Morgan fingerprint density at radius 3 is 0.857 bits per heavy atom. The van der Waals surface area contributed by atoms with Crippen LogP contribution in [0.3, 0.4) is 0 Å². The van der Waals surface area contributed by atoms with Crippen LogP contribution in [-0.2, 0) is 0 Å². The monoisotopic (exact) mass is 154 g/mol. The molecule has 0 aliphatic rings. The largest absolute Gasteiger partial charge is 0.844 e. The minimum Gasteiger partial charge on any atom is -0.327 e. The lowest BCUT2D eigenvalue weighted by Gasteiger charge is -1.75. The molecule has 0 aliphatic heterocycles. The van der Waals surface area contributed by atoms with Gasteiger partial charge in [-0.3, -0.25) is 0 Å². The summed E-state index contributed by atoms with van der Waals surface area (Å²) >= 11 is 0. The van der Waals surface area contributed by atoms with Gasteiger partial charge in [0, 0.05) is 0 Å². The molecule has 0 spiro atoms. The summed E-state index contributed by atoms with van der Waals surface area (Å²) in [6, 6.07) is 0. The van der Waals surface area contributed by atoms with Crippen molar-refractivity contribution in [3.63, 3.8) is 0 Å². The van der Waals surface area contributed by atoms with Crippen LogP contribution < -0.4 is 0 Å². The van der Waals surface area contributed by atoms with E-state index < -0.39 is 9.41 Å². The number of hydrogen-bond acceptors (Lipinski definition) is 0. The molecule has 0 rings (SSSR count). The third kappa shape index (κ3) is 14500. The Morgan fingerprint density at radius 2 is 0.857 bits per heavy atom. The molecule has 0 aromatic rings. The highest BCUT2D eigenvalue weighted by Gasteiger charge is 2.39. The van der Waals surface area contributed by atoms with Crippen LogP contribution in [0.4, 0.5) is 20.5 Å². The maximum absolute atomic E-state index is 9.83. The van der Waals surface area contributed by atoms with E-state index in [1.54, 1.807) is 0 Å². The predicted octanol–water partition coefficient (Wildman–Crippen LogP) is 0.536. The van der Waals surface area contributed by atoms with Gasteiger partial charge in [0.2, 0.25) is 10.6 Å². The first-order valence-electron chi connectivity index (χ1n) is 1.13. The molecule has 0 radical (unpaired) electrons. The van der Waals surface area contributed by atoms with Gasteiger partial charge < -0.3 is 4.11 Å². The molecule has 46 valence electrons.